The molecule has 1 aromatic carbocycles. The van der Waals surface area contributed by atoms with Crippen molar-refractivity contribution in [2.24, 2.45) is 17.3 Å². The summed E-state index contributed by atoms with van der Waals surface area (Å²) in [4.78, 5) is 14.8. The Morgan fingerprint density at radius 2 is 2.23 bits per heavy atom. The average Bonchev–Trinajstić information content (AvgIpc) is 3.04. The Kier molecular flexibility index (Phi) is 3.14. The van der Waals surface area contributed by atoms with E-state index in [0.29, 0.717) is 16.9 Å². The molecule has 1 aliphatic carbocycles. The maximum absolute atomic E-state index is 9.22. The number of rotatable bonds is 3. The van der Waals surface area contributed by atoms with Gasteiger partial charge in [-0.15, -0.1) is 0 Å². The molecule has 0 bridgehead atoms. The highest BCUT2D eigenvalue weighted by Crippen LogP contribution is 2.62. The molecule has 26 heavy (non-hydrogen) atoms. The summed E-state index contributed by atoms with van der Waals surface area (Å²) in [5.41, 5.74) is 4.07. The number of nitriles is 1. The summed E-state index contributed by atoms with van der Waals surface area (Å²) in [6.45, 7) is 6.83. The molecule has 1 N–H and O–H groups in total. The van der Waals surface area contributed by atoms with Crippen molar-refractivity contribution in [2.75, 3.05) is 18.0 Å². The number of aromatic amines is 1. The molecule has 1 saturated carbocycles. The first kappa shape index (κ1) is 15.4. The molecule has 3 aromatic rings. The monoisotopic (exact) mass is 343 g/mol. The van der Waals surface area contributed by atoms with Gasteiger partial charge in [0.25, 0.3) is 0 Å². The molecule has 2 atom stereocenters. The molecule has 5 nitrogen and oxygen atoms in total. The average molecular weight is 343 g/mol. The second-order valence-electron chi connectivity index (χ2n) is 7.99. The van der Waals surface area contributed by atoms with Crippen molar-refractivity contribution >= 4 is 16.9 Å². The van der Waals surface area contributed by atoms with Gasteiger partial charge >= 0.3 is 0 Å². The van der Waals surface area contributed by atoms with Crippen LogP contribution in [-0.2, 0) is 0 Å². The topological polar surface area (TPSA) is 68.6 Å². The predicted molar refractivity (Wildman–Crippen MR) is 102 cm³/mol. The first-order valence-corrected chi connectivity index (χ1v) is 9.20. The van der Waals surface area contributed by atoms with E-state index in [4.69, 9.17) is 0 Å². The Morgan fingerprint density at radius 1 is 1.35 bits per heavy atom. The molecule has 3 heterocycles. The molecule has 2 aromatic heterocycles. The lowest BCUT2D eigenvalue weighted by Crippen LogP contribution is -2.27. The summed E-state index contributed by atoms with van der Waals surface area (Å²) in [5, 5.41) is 10.3. The van der Waals surface area contributed by atoms with E-state index in [-0.39, 0.29) is 0 Å². The molecule has 0 radical (unpaired) electrons. The zero-order valence-electron chi connectivity index (χ0n) is 15.0. The Hall–Kier alpha value is -2.87. The zero-order valence-corrected chi connectivity index (χ0v) is 15.0. The van der Waals surface area contributed by atoms with Gasteiger partial charge in [-0.1, -0.05) is 26.0 Å². The third-order valence-corrected chi connectivity index (χ3v) is 6.41. The summed E-state index contributed by atoms with van der Waals surface area (Å²) in [6.07, 6.45) is 4.98. The van der Waals surface area contributed by atoms with Crippen LogP contribution in [0.4, 0.5) is 5.82 Å². The van der Waals surface area contributed by atoms with Crippen LogP contribution in [0.15, 0.2) is 36.8 Å². The van der Waals surface area contributed by atoms with Gasteiger partial charge in [0.1, 0.15) is 17.8 Å². The number of nitrogens with one attached hydrogen (secondary N) is 1. The number of hydrogen-bond donors (Lipinski definition) is 1. The number of hydrogen-bond acceptors (Lipinski definition) is 4. The maximum atomic E-state index is 9.22. The summed E-state index contributed by atoms with van der Waals surface area (Å²) in [7, 11) is 0. The van der Waals surface area contributed by atoms with E-state index in [1.54, 1.807) is 6.33 Å². The fraction of sp³-hybridized carbons (Fsp3) is 0.381. The van der Waals surface area contributed by atoms with Crippen molar-refractivity contribution in [1.29, 1.82) is 5.26 Å². The number of H-pyrrole nitrogens is 1. The van der Waals surface area contributed by atoms with Crippen LogP contribution in [0.1, 0.15) is 25.8 Å². The van der Waals surface area contributed by atoms with Gasteiger partial charge in [0, 0.05) is 24.8 Å². The standard InChI is InChI=1S/C21H21N5/c1-13(2)21-7-16(21)10-26(11-21)20-18-17(9-23-19(18)24-12-25-20)15-5-3-4-14(6-15)8-22/h3-6,9,12-13,16H,7,10-11H2,1-2H3,(H,23,24,25). The van der Waals surface area contributed by atoms with Crippen LogP contribution < -0.4 is 4.90 Å². The lowest BCUT2D eigenvalue weighted by molar-refractivity contribution is 0.371. The maximum Gasteiger partial charge on any atom is 0.143 e. The molecule has 2 fully saturated rings. The van der Waals surface area contributed by atoms with Gasteiger partial charge in [-0.25, -0.2) is 9.97 Å². The minimum Gasteiger partial charge on any atom is -0.355 e. The predicted octanol–water partition coefficient (Wildman–Crippen LogP) is 3.98. The fourth-order valence-electron chi connectivity index (χ4n) is 4.75. The van der Waals surface area contributed by atoms with E-state index in [2.05, 4.69) is 39.8 Å². The van der Waals surface area contributed by atoms with Crippen molar-refractivity contribution in [1.82, 2.24) is 15.0 Å². The molecule has 130 valence electrons. The Balaban J connectivity index is 1.62. The number of aromatic nitrogens is 3. The van der Waals surface area contributed by atoms with Crippen molar-refractivity contribution < 1.29 is 0 Å². The molecule has 5 heteroatoms. The lowest BCUT2D eigenvalue weighted by Gasteiger charge is -2.24. The zero-order chi connectivity index (χ0) is 17.9. The molecule has 1 saturated heterocycles. The van der Waals surface area contributed by atoms with Crippen LogP contribution in [-0.4, -0.2) is 28.0 Å². The third-order valence-electron chi connectivity index (χ3n) is 6.41. The quantitative estimate of drug-likeness (QED) is 0.781. The third kappa shape index (κ3) is 2.08. The first-order valence-electron chi connectivity index (χ1n) is 9.20. The van der Waals surface area contributed by atoms with Gasteiger partial charge in [0.15, 0.2) is 0 Å². The van der Waals surface area contributed by atoms with Gasteiger partial charge in [-0.05, 0) is 41.4 Å². The van der Waals surface area contributed by atoms with E-state index in [1.165, 1.54) is 6.42 Å². The van der Waals surface area contributed by atoms with Gasteiger partial charge in [0.2, 0.25) is 0 Å². The van der Waals surface area contributed by atoms with E-state index >= 15 is 0 Å². The smallest absolute Gasteiger partial charge is 0.143 e. The van der Waals surface area contributed by atoms with Crippen molar-refractivity contribution in [3.8, 4) is 17.2 Å². The molecule has 2 aliphatic rings. The number of benzene rings is 1. The largest absolute Gasteiger partial charge is 0.355 e. The summed E-state index contributed by atoms with van der Waals surface area (Å²) in [6, 6.07) is 9.95. The van der Waals surface area contributed by atoms with Gasteiger partial charge < -0.3 is 9.88 Å². The number of nitrogens with zero attached hydrogens (tertiary/aromatic N) is 4. The summed E-state index contributed by atoms with van der Waals surface area (Å²) < 4.78 is 0. The van der Waals surface area contributed by atoms with Crippen LogP contribution in [0.3, 0.4) is 0 Å². The van der Waals surface area contributed by atoms with Gasteiger partial charge in [-0.2, -0.15) is 5.26 Å². The molecule has 2 unspecified atom stereocenters. The molecule has 1 aliphatic heterocycles. The second kappa shape index (κ2) is 5.31. The molecular weight excluding hydrogens is 322 g/mol. The van der Waals surface area contributed by atoms with Gasteiger partial charge in [0.05, 0.1) is 17.0 Å². The number of anilines is 1. The van der Waals surface area contributed by atoms with E-state index < -0.39 is 0 Å². The van der Waals surface area contributed by atoms with Crippen LogP contribution in [0.5, 0.6) is 0 Å². The van der Waals surface area contributed by atoms with Crippen LogP contribution in [0.25, 0.3) is 22.2 Å². The second-order valence-corrected chi connectivity index (χ2v) is 7.99. The van der Waals surface area contributed by atoms with Crippen molar-refractivity contribution in [3.05, 3.63) is 42.4 Å². The normalized spacial score (nSPS) is 24.1. The number of piperidine rings is 1. The van der Waals surface area contributed by atoms with Crippen LogP contribution in [0.2, 0.25) is 0 Å². The Morgan fingerprint density at radius 3 is 3.00 bits per heavy atom. The lowest BCUT2D eigenvalue weighted by atomic mass is 9.91. The number of fused-ring (bicyclic) bond motifs is 2. The summed E-state index contributed by atoms with van der Waals surface area (Å²) >= 11 is 0. The first-order chi connectivity index (χ1) is 12.6. The molecular formula is C21H21N5. The molecule has 0 spiro atoms. The minimum atomic E-state index is 0.467. The van der Waals surface area contributed by atoms with E-state index in [0.717, 1.165) is 47.0 Å². The van der Waals surface area contributed by atoms with E-state index in [1.807, 2.05) is 30.5 Å². The van der Waals surface area contributed by atoms with Gasteiger partial charge in [-0.3, -0.25) is 0 Å². The highest BCUT2D eigenvalue weighted by atomic mass is 15.3. The minimum absolute atomic E-state index is 0.467. The highest BCUT2D eigenvalue weighted by Gasteiger charge is 2.61. The SMILES string of the molecule is CC(C)C12CC1CN(c1ncnc3[nH]cc(-c4cccc(C#N)c4)c13)C2. The van der Waals surface area contributed by atoms with Crippen LogP contribution in [0, 0.1) is 28.6 Å². The summed E-state index contributed by atoms with van der Waals surface area (Å²) in [5.74, 6) is 2.51. The van der Waals surface area contributed by atoms with Crippen molar-refractivity contribution in [3.63, 3.8) is 0 Å². The Labute approximate surface area is 152 Å². The van der Waals surface area contributed by atoms with Crippen molar-refractivity contribution in [2.45, 2.75) is 20.3 Å². The highest BCUT2D eigenvalue weighted by molar-refractivity contribution is 6.01. The molecule has 5 rings (SSSR count). The Bertz CT molecular complexity index is 1040. The van der Waals surface area contributed by atoms with Crippen LogP contribution >= 0.6 is 0 Å². The van der Waals surface area contributed by atoms with E-state index in [9.17, 15) is 5.26 Å². The fourth-order valence-corrected chi connectivity index (χ4v) is 4.75. The molecule has 0 amide bonds.